The highest BCUT2D eigenvalue weighted by Crippen LogP contribution is 2.36. The first-order valence-corrected chi connectivity index (χ1v) is 12.6. The zero-order valence-corrected chi connectivity index (χ0v) is 20.0. The molecule has 1 N–H and O–H groups in total. The number of Topliss-reactive ketones (excluding diaryl/α,β-unsaturated/α-hetero) is 1. The molecule has 5 heteroatoms. The summed E-state index contributed by atoms with van der Waals surface area (Å²) in [6.45, 7) is 3.15. The lowest BCUT2D eigenvalue weighted by Gasteiger charge is -2.51. The van der Waals surface area contributed by atoms with Crippen LogP contribution in [-0.4, -0.2) is 54.6 Å². The van der Waals surface area contributed by atoms with Crippen molar-refractivity contribution >= 4 is 17.4 Å². The number of nitrogens with one attached hydrogen (secondary N) is 1. The second-order valence-electron chi connectivity index (χ2n) is 9.98. The zero-order chi connectivity index (χ0) is 24.1. The van der Waals surface area contributed by atoms with Gasteiger partial charge in [0.25, 0.3) is 0 Å². The monoisotopic (exact) mass is 469 g/mol. The molecule has 0 spiro atoms. The van der Waals surface area contributed by atoms with Crippen LogP contribution in [0.1, 0.15) is 28.8 Å². The van der Waals surface area contributed by atoms with E-state index in [0.717, 1.165) is 53.8 Å². The molecule has 0 radical (unpaired) electrons. The summed E-state index contributed by atoms with van der Waals surface area (Å²) in [5.74, 6) is 0.326. The Morgan fingerprint density at radius 2 is 1.46 bits per heavy atom. The van der Waals surface area contributed by atoms with E-state index in [1.165, 1.54) is 0 Å². The number of piperidine rings is 3. The summed E-state index contributed by atoms with van der Waals surface area (Å²) in [6.07, 6.45) is 2.40. The van der Waals surface area contributed by atoms with Gasteiger partial charge in [-0.15, -0.1) is 0 Å². The van der Waals surface area contributed by atoms with Crippen molar-refractivity contribution in [2.75, 3.05) is 31.5 Å². The number of benzene rings is 3. The zero-order valence-electron chi connectivity index (χ0n) is 20.0. The molecule has 3 aliphatic rings. The largest absolute Gasteiger partial charge is 0.455 e. The van der Waals surface area contributed by atoms with Crippen LogP contribution in [0, 0.1) is 5.92 Å². The van der Waals surface area contributed by atoms with Gasteiger partial charge in [0.1, 0.15) is 19.1 Å². The molecule has 3 heterocycles. The summed E-state index contributed by atoms with van der Waals surface area (Å²) in [7, 11) is 0. The summed E-state index contributed by atoms with van der Waals surface area (Å²) in [6, 6.07) is 28.9. The van der Waals surface area contributed by atoms with Crippen LogP contribution in [0.25, 0.3) is 0 Å². The van der Waals surface area contributed by atoms with E-state index in [4.69, 9.17) is 4.74 Å². The van der Waals surface area contributed by atoms with Crippen LogP contribution in [0.4, 0.5) is 5.69 Å². The SMILES string of the molecule is O=C(C[N+]12CCC(CC1)C(OC(=O)C(Cc1ccccc1)Nc1ccccc1)C2)c1ccccc1. The highest BCUT2D eigenvalue weighted by molar-refractivity contribution is 5.97. The number of esters is 1. The Bertz CT molecular complexity index is 1080. The van der Waals surface area contributed by atoms with E-state index >= 15 is 0 Å². The number of hydrogen-bond donors (Lipinski definition) is 1. The van der Waals surface area contributed by atoms with Gasteiger partial charge in [0, 0.05) is 36.4 Å². The Labute approximate surface area is 207 Å². The topological polar surface area (TPSA) is 55.4 Å². The van der Waals surface area contributed by atoms with Crippen molar-refractivity contribution in [2.24, 2.45) is 5.92 Å². The van der Waals surface area contributed by atoms with Crippen molar-refractivity contribution in [3.05, 3.63) is 102 Å². The average molecular weight is 470 g/mol. The van der Waals surface area contributed by atoms with E-state index in [9.17, 15) is 9.59 Å². The van der Waals surface area contributed by atoms with Gasteiger partial charge in [0.15, 0.2) is 6.10 Å². The Morgan fingerprint density at radius 3 is 2.11 bits per heavy atom. The number of rotatable bonds is 9. The van der Waals surface area contributed by atoms with Gasteiger partial charge in [-0.25, -0.2) is 4.79 Å². The van der Waals surface area contributed by atoms with Crippen LogP contribution in [0.2, 0.25) is 0 Å². The average Bonchev–Trinajstić information content (AvgIpc) is 2.90. The van der Waals surface area contributed by atoms with Crippen LogP contribution in [0.15, 0.2) is 91.0 Å². The Morgan fingerprint density at radius 1 is 0.857 bits per heavy atom. The minimum atomic E-state index is -0.477. The lowest BCUT2D eigenvalue weighted by Crippen LogP contribution is -2.66. The van der Waals surface area contributed by atoms with Crippen LogP contribution in [0.5, 0.6) is 0 Å². The molecule has 3 saturated heterocycles. The van der Waals surface area contributed by atoms with Crippen molar-refractivity contribution in [1.82, 2.24) is 0 Å². The minimum absolute atomic E-state index is 0.149. The number of para-hydroxylation sites is 1. The summed E-state index contributed by atoms with van der Waals surface area (Å²) in [5.41, 5.74) is 2.75. The molecule has 5 nitrogen and oxygen atoms in total. The van der Waals surface area contributed by atoms with Gasteiger partial charge < -0.3 is 14.5 Å². The third-order valence-corrected chi connectivity index (χ3v) is 7.57. The van der Waals surface area contributed by atoms with Gasteiger partial charge >= 0.3 is 5.97 Å². The molecule has 3 aromatic rings. The molecule has 2 bridgehead atoms. The molecular weight excluding hydrogens is 436 g/mol. The normalized spacial score (nSPS) is 23.9. The van der Waals surface area contributed by atoms with Crippen LogP contribution in [-0.2, 0) is 16.0 Å². The second-order valence-corrected chi connectivity index (χ2v) is 9.98. The molecular formula is C30H33N2O3+. The van der Waals surface area contributed by atoms with Crippen molar-refractivity contribution in [3.8, 4) is 0 Å². The van der Waals surface area contributed by atoms with Crippen molar-refractivity contribution < 1.29 is 18.8 Å². The number of carbonyl (C=O) groups is 2. The lowest BCUT2D eigenvalue weighted by molar-refractivity contribution is -0.938. The number of ketones is 1. The minimum Gasteiger partial charge on any atom is -0.455 e. The number of anilines is 1. The predicted octanol–water partition coefficient (Wildman–Crippen LogP) is 4.74. The summed E-state index contributed by atoms with van der Waals surface area (Å²) in [4.78, 5) is 26.5. The maximum Gasteiger partial charge on any atom is 0.329 e. The van der Waals surface area contributed by atoms with Gasteiger partial charge in [0.2, 0.25) is 5.78 Å². The maximum atomic E-state index is 13.5. The number of quaternary nitrogens is 1. The first-order chi connectivity index (χ1) is 17.1. The molecule has 3 aliphatic heterocycles. The number of nitrogens with zero attached hydrogens (tertiary/aromatic N) is 1. The van der Waals surface area contributed by atoms with Gasteiger partial charge in [-0.2, -0.15) is 0 Å². The summed E-state index contributed by atoms with van der Waals surface area (Å²) < 4.78 is 6.94. The van der Waals surface area contributed by atoms with Crippen LogP contribution >= 0.6 is 0 Å². The van der Waals surface area contributed by atoms with Gasteiger partial charge in [-0.05, 0) is 17.7 Å². The number of fused-ring (bicyclic) bond motifs is 3. The molecule has 2 atom stereocenters. The fourth-order valence-electron chi connectivity index (χ4n) is 5.61. The fraction of sp³-hybridized carbons (Fsp3) is 0.333. The van der Waals surface area contributed by atoms with Crippen molar-refractivity contribution in [2.45, 2.75) is 31.4 Å². The summed E-state index contributed by atoms with van der Waals surface area (Å²) >= 11 is 0. The molecule has 2 unspecified atom stereocenters. The van der Waals surface area contributed by atoms with Gasteiger partial charge in [0.05, 0.1) is 13.1 Å². The molecule has 0 saturated carbocycles. The van der Waals surface area contributed by atoms with E-state index in [1.807, 2.05) is 91.0 Å². The standard InChI is InChI=1S/C30H33N2O3/c33-28(24-12-6-2-7-13-24)21-32-18-16-25(17-19-32)29(22-32)35-30(34)27(20-23-10-4-1-5-11-23)31-26-14-8-3-9-15-26/h1-15,25,27,29,31H,16-22H2/q+1. The molecule has 180 valence electrons. The van der Waals surface area contributed by atoms with Crippen molar-refractivity contribution in [1.29, 1.82) is 0 Å². The van der Waals surface area contributed by atoms with E-state index in [1.54, 1.807) is 0 Å². The molecule has 6 rings (SSSR count). The smallest absolute Gasteiger partial charge is 0.329 e. The van der Waals surface area contributed by atoms with E-state index in [-0.39, 0.29) is 17.9 Å². The first kappa shape index (κ1) is 23.3. The van der Waals surface area contributed by atoms with Gasteiger partial charge in [-0.3, -0.25) is 4.79 Å². The molecule has 0 aliphatic carbocycles. The molecule has 3 fully saturated rings. The van der Waals surface area contributed by atoms with E-state index < -0.39 is 6.04 Å². The lowest BCUT2D eigenvalue weighted by atomic mass is 9.82. The number of hydrogen-bond acceptors (Lipinski definition) is 4. The second kappa shape index (κ2) is 10.4. The third-order valence-electron chi connectivity index (χ3n) is 7.57. The molecule has 0 aromatic heterocycles. The summed E-state index contributed by atoms with van der Waals surface area (Å²) in [5, 5.41) is 3.39. The highest BCUT2D eigenvalue weighted by atomic mass is 16.5. The molecule has 0 amide bonds. The Kier molecular flexibility index (Phi) is 6.96. The molecule has 35 heavy (non-hydrogen) atoms. The maximum absolute atomic E-state index is 13.5. The van der Waals surface area contributed by atoms with Crippen molar-refractivity contribution in [3.63, 3.8) is 0 Å². The van der Waals surface area contributed by atoms with E-state index in [0.29, 0.717) is 18.9 Å². The number of ether oxygens (including phenoxy) is 1. The van der Waals surface area contributed by atoms with E-state index in [2.05, 4.69) is 5.32 Å². The predicted molar refractivity (Wildman–Crippen MR) is 137 cm³/mol. The Balaban J connectivity index is 1.28. The fourth-order valence-corrected chi connectivity index (χ4v) is 5.61. The third kappa shape index (κ3) is 5.63. The Hall–Kier alpha value is -3.44. The first-order valence-electron chi connectivity index (χ1n) is 12.6. The van der Waals surface area contributed by atoms with Crippen LogP contribution in [0.3, 0.4) is 0 Å². The quantitative estimate of drug-likeness (QED) is 0.279. The molecule has 3 aromatic carbocycles. The van der Waals surface area contributed by atoms with Gasteiger partial charge in [-0.1, -0.05) is 78.9 Å². The number of carbonyl (C=O) groups excluding carboxylic acids is 2. The van der Waals surface area contributed by atoms with Crippen LogP contribution < -0.4 is 5.32 Å². The highest BCUT2D eigenvalue weighted by Gasteiger charge is 2.48.